The fourth-order valence-corrected chi connectivity index (χ4v) is 2.54. The molecule has 0 atom stereocenters. The maximum absolute atomic E-state index is 12.5. The number of anilines is 1. The number of carbonyl (C=O) groups is 1. The van der Waals surface area contributed by atoms with Crippen LogP contribution in [0.3, 0.4) is 0 Å². The van der Waals surface area contributed by atoms with Crippen molar-refractivity contribution in [2.45, 2.75) is 26.5 Å². The monoisotopic (exact) mass is 392 g/mol. The third-order valence-corrected chi connectivity index (χ3v) is 3.69. The van der Waals surface area contributed by atoms with Crippen LogP contribution in [0, 0.1) is 0 Å². The van der Waals surface area contributed by atoms with E-state index in [1.165, 1.54) is 31.5 Å². The van der Waals surface area contributed by atoms with Crippen molar-refractivity contribution < 1.29 is 27.9 Å². The Balaban J connectivity index is 1.98. The topological polar surface area (TPSA) is 60.4 Å². The van der Waals surface area contributed by atoms with Crippen molar-refractivity contribution >= 4 is 17.8 Å². The van der Waals surface area contributed by atoms with E-state index in [1.807, 2.05) is 44.2 Å². The highest BCUT2D eigenvalue weighted by Crippen LogP contribution is 2.28. The van der Waals surface area contributed by atoms with Gasteiger partial charge in [-0.3, -0.25) is 4.79 Å². The average Bonchev–Trinajstić information content (AvgIpc) is 2.66. The van der Waals surface area contributed by atoms with E-state index in [0.29, 0.717) is 5.56 Å². The number of rotatable bonds is 9. The molecule has 0 unspecified atom stereocenters. The smallest absolute Gasteiger partial charge is 0.387 e. The molecule has 1 amide bonds. The predicted molar refractivity (Wildman–Crippen MR) is 102 cm³/mol. The number of para-hydroxylation sites is 1. The van der Waals surface area contributed by atoms with Gasteiger partial charge in [-0.25, -0.2) is 0 Å². The molecule has 0 aromatic heterocycles. The van der Waals surface area contributed by atoms with Crippen LogP contribution in [0.2, 0.25) is 0 Å². The second-order valence-corrected chi connectivity index (χ2v) is 5.99. The lowest BCUT2D eigenvalue weighted by Crippen LogP contribution is -2.39. The molecule has 2 aromatic carbocycles. The fraction of sp³-hybridized carbons (Fsp3) is 0.300. The number of carbonyl (C=O) groups excluding carboxylic acids is 1. The van der Waals surface area contributed by atoms with Gasteiger partial charge in [0, 0.05) is 17.3 Å². The zero-order valence-electron chi connectivity index (χ0n) is 15.8. The van der Waals surface area contributed by atoms with Gasteiger partial charge in [0.15, 0.2) is 18.1 Å². The Bertz CT molecular complexity index is 798. The molecule has 0 saturated carbocycles. The summed E-state index contributed by atoms with van der Waals surface area (Å²) in [6.45, 7) is 0.622. The molecule has 6 nitrogen and oxygen atoms in total. The SMILES string of the molecule is COc1cc(/C=N/OCC(=O)N(c2ccccc2)C(C)C)ccc1OC(F)F. The summed E-state index contributed by atoms with van der Waals surface area (Å²) in [6.07, 6.45) is 1.35. The minimum absolute atomic E-state index is 0.0471. The molecule has 0 bridgehead atoms. The van der Waals surface area contributed by atoms with Crippen LogP contribution in [0.4, 0.5) is 14.5 Å². The molecule has 150 valence electrons. The molecule has 28 heavy (non-hydrogen) atoms. The maximum Gasteiger partial charge on any atom is 0.387 e. The van der Waals surface area contributed by atoms with E-state index >= 15 is 0 Å². The third kappa shape index (κ3) is 5.94. The number of halogens is 2. The van der Waals surface area contributed by atoms with Crippen molar-refractivity contribution in [3.05, 3.63) is 54.1 Å². The standard InChI is InChI=1S/C20H22F2N2O4/c1-14(2)24(16-7-5-4-6-8-16)19(25)13-27-23-12-15-9-10-17(28-20(21)22)18(11-15)26-3/h4-12,14,20H,13H2,1-3H3/b23-12+. The first-order valence-electron chi connectivity index (χ1n) is 8.57. The molecule has 0 spiro atoms. The van der Waals surface area contributed by atoms with Gasteiger partial charge in [0.25, 0.3) is 5.91 Å². The lowest BCUT2D eigenvalue weighted by Gasteiger charge is -2.26. The number of hydrogen-bond donors (Lipinski definition) is 0. The quantitative estimate of drug-likeness (QED) is 0.476. The van der Waals surface area contributed by atoms with Crippen molar-refractivity contribution in [1.82, 2.24) is 0 Å². The van der Waals surface area contributed by atoms with Gasteiger partial charge >= 0.3 is 6.61 Å². The highest BCUT2D eigenvalue weighted by Gasteiger charge is 2.19. The molecule has 0 saturated heterocycles. The molecule has 0 aliphatic heterocycles. The zero-order valence-corrected chi connectivity index (χ0v) is 15.8. The van der Waals surface area contributed by atoms with E-state index in [-0.39, 0.29) is 30.1 Å². The molecular formula is C20H22F2N2O4. The van der Waals surface area contributed by atoms with Gasteiger partial charge in [-0.15, -0.1) is 0 Å². The number of oxime groups is 1. The fourth-order valence-electron chi connectivity index (χ4n) is 2.54. The van der Waals surface area contributed by atoms with Crippen LogP contribution in [0.25, 0.3) is 0 Å². The highest BCUT2D eigenvalue weighted by molar-refractivity contribution is 5.94. The average molecular weight is 392 g/mol. The van der Waals surface area contributed by atoms with Crippen molar-refractivity contribution in [3.8, 4) is 11.5 Å². The minimum atomic E-state index is -2.95. The maximum atomic E-state index is 12.5. The Labute approximate surface area is 162 Å². The number of amides is 1. The van der Waals surface area contributed by atoms with Crippen molar-refractivity contribution in [1.29, 1.82) is 0 Å². The summed E-state index contributed by atoms with van der Waals surface area (Å²) in [7, 11) is 1.34. The lowest BCUT2D eigenvalue weighted by molar-refractivity contribution is -0.123. The van der Waals surface area contributed by atoms with Gasteiger partial charge in [0.2, 0.25) is 0 Å². The molecular weight excluding hydrogens is 370 g/mol. The molecule has 2 rings (SSSR count). The van der Waals surface area contributed by atoms with Crippen molar-refractivity contribution in [2.24, 2.45) is 5.16 Å². The number of hydrogen-bond acceptors (Lipinski definition) is 5. The summed E-state index contributed by atoms with van der Waals surface area (Å²) in [6, 6.07) is 13.5. The van der Waals surface area contributed by atoms with Gasteiger partial charge in [0.05, 0.1) is 13.3 Å². The zero-order chi connectivity index (χ0) is 20.5. The summed E-state index contributed by atoms with van der Waals surface area (Å²) in [5, 5.41) is 3.77. The first-order valence-corrected chi connectivity index (χ1v) is 8.57. The molecule has 0 N–H and O–H groups in total. The van der Waals surface area contributed by atoms with Gasteiger partial charge in [-0.2, -0.15) is 8.78 Å². The number of benzene rings is 2. The van der Waals surface area contributed by atoms with E-state index < -0.39 is 6.61 Å². The molecule has 0 aliphatic carbocycles. The van der Waals surface area contributed by atoms with Crippen LogP contribution >= 0.6 is 0 Å². The summed E-state index contributed by atoms with van der Waals surface area (Å²) < 4.78 is 34.1. The Morgan fingerprint density at radius 2 is 1.86 bits per heavy atom. The highest BCUT2D eigenvalue weighted by atomic mass is 19.3. The van der Waals surface area contributed by atoms with Gasteiger partial charge in [-0.1, -0.05) is 23.4 Å². The Kier molecular flexibility index (Phi) is 7.74. The van der Waals surface area contributed by atoms with Gasteiger partial charge in [-0.05, 0) is 44.2 Å². The van der Waals surface area contributed by atoms with Crippen LogP contribution in [-0.4, -0.2) is 38.5 Å². The van der Waals surface area contributed by atoms with E-state index in [2.05, 4.69) is 9.89 Å². The van der Waals surface area contributed by atoms with Crippen LogP contribution in [-0.2, 0) is 9.63 Å². The third-order valence-electron chi connectivity index (χ3n) is 3.69. The largest absolute Gasteiger partial charge is 0.493 e. The van der Waals surface area contributed by atoms with Crippen molar-refractivity contribution in [2.75, 3.05) is 18.6 Å². The number of ether oxygens (including phenoxy) is 2. The summed E-state index contributed by atoms with van der Waals surface area (Å²) >= 11 is 0. The number of nitrogens with zero attached hydrogens (tertiary/aromatic N) is 2. The first-order chi connectivity index (χ1) is 13.4. The van der Waals surface area contributed by atoms with Crippen LogP contribution in [0.5, 0.6) is 11.5 Å². The predicted octanol–water partition coefficient (Wildman–Crippen LogP) is 4.09. The van der Waals surface area contributed by atoms with Gasteiger partial charge < -0.3 is 19.2 Å². The molecule has 2 aromatic rings. The van der Waals surface area contributed by atoms with Crippen LogP contribution in [0.15, 0.2) is 53.7 Å². The molecule has 0 aliphatic rings. The van der Waals surface area contributed by atoms with Crippen LogP contribution in [0.1, 0.15) is 19.4 Å². The number of methoxy groups -OCH3 is 1. The normalized spacial score (nSPS) is 11.1. The second-order valence-electron chi connectivity index (χ2n) is 5.99. The minimum Gasteiger partial charge on any atom is -0.493 e. The van der Waals surface area contributed by atoms with E-state index in [1.54, 1.807) is 4.90 Å². The molecule has 0 heterocycles. The summed E-state index contributed by atoms with van der Waals surface area (Å²) in [5.41, 5.74) is 1.31. The first kappa shape index (κ1) is 21.1. The van der Waals surface area contributed by atoms with Crippen molar-refractivity contribution in [3.63, 3.8) is 0 Å². The number of alkyl halides is 2. The van der Waals surface area contributed by atoms with E-state index in [0.717, 1.165) is 5.69 Å². The Morgan fingerprint density at radius 3 is 2.46 bits per heavy atom. The summed E-state index contributed by atoms with van der Waals surface area (Å²) in [5.74, 6) is -0.187. The molecule has 8 heteroatoms. The Morgan fingerprint density at radius 1 is 1.14 bits per heavy atom. The van der Waals surface area contributed by atoms with E-state index in [9.17, 15) is 13.6 Å². The lowest BCUT2D eigenvalue weighted by atomic mass is 10.2. The van der Waals surface area contributed by atoms with Gasteiger partial charge in [0.1, 0.15) is 0 Å². The molecule has 0 radical (unpaired) electrons. The van der Waals surface area contributed by atoms with E-state index in [4.69, 9.17) is 9.57 Å². The summed E-state index contributed by atoms with van der Waals surface area (Å²) in [4.78, 5) is 19.2. The second kappa shape index (κ2) is 10.2. The molecule has 0 fully saturated rings. The van der Waals surface area contributed by atoms with Crippen LogP contribution < -0.4 is 14.4 Å². The Hall–Kier alpha value is -3.16.